The smallest absolute Gasteiger partial charge is 0.270 e. The molecule has 2 aromatic rings. The SMILES string of the molecule is NCCc1nc(C(=O)NCCc2csc(N3CCCC3)n2)cs1. The highest BCUT2D eigenvalue weighted by molar-refractivity contribution is 7.13. The van der Waals surface area contributed by atoms with Crippen LogP contribution in [0.15, 0.2) is 10.8 Å². The van der Waals surface area contributed by atoms with Crippen LogP contribution in [0.1, 0.15) is 34.0 Å². The number of aromatic nitrogens is 2. The van der Waals surface area contributed by atoms with Crippen molar-refractivity contribution in [3.8, 4) is 0 Å². The topological polar surface area (TPSA) is 84.1 Å². The highest BCUT2D eigenvalue weighted by Crippen LogP contribution is 2.24. The maximum Gasteiger partial charge on any atom is 0.270 e. The fraction of sp³-hybridized carbons (Fsp3) is 0.533. The third-order valence-electron chi connectivity index (χ3n) is 3.73. The van der Waals surface area contributed by atoms with Gasteiger partial charge in [-0.3, -0.25) is 4.79 Å². The highest BCUT2D eigenvalue weighted by atomic mass is 32.1. The molecular weight excluding hydrogens is 330 g/mol. The predicted octanol–water partition coefficient (Wildman–Crippen LogP) is 1.67. The minimum absolute atomic E-state index is 0.125. The Bertz CT molecular complexity index is 648. The van der Waals surface area contributed by atoms with Crippen molar-refractivity contribution < 1.29 is 4.79 Å². The Morgan fingerprint density at radius 3 is 2.83 bits per heavy atom. The van der Waals surface area contributed by atoms with E-state index >= 15 is 0 Å². The van der Waals surface area contributed by atoms with E-state index in [0.717, 1.165) is 41.8 Å². The Kier molecular flexibility index (Phi) is 5.58. The van der Waals surface area contributed by atoms with Crippen molar-refractivity contribution in [2.24, 2.45) is 5.73 Å². The first-order valence-corrected chi connectivity index (χ1v) is 9.64. The molecule has 2 aromatic heterocycles. The molecule has 0 saturated carbocycles. The van der Waals surface area contributed by atoms with Gasteiger partial charge in [0.2, 0.25) is 0 Å². The van der Waals surface area contributed by atoms with E-state index in [-0.39, 0.29) is 5.91 Å². The largest absolute Gasteiger partial charge is 0.350 e. The van der Waals surface area contributed by atoms with Crippen LogP contribution in [-0.2, 0) is 12.8 Å². The Hall–Kier alpha value is -1.51. The van der Waals surface area contributed by atoms with E-state index in [0.29, 0.717) is 18.8 Å². The van der Waals surface area contributed by atoms with Crippen LogP contribution in [0.5, 0.6) is 0 Å². The summed E-state index contributed by atoms with van der Waals surface area (Å²) in [5, 5.41) is 8.79. The lowest BCUT2D eigenvalue weighted by Gasteiger charge is -2.12. The second-order valence-electron chi connectivity index (χ2n) is 5.49. The lowest BCUT2D eigenvalue weighted by atomic mass is 10.3. The number of hydrogen-bond acceptors (Lipinski definition) is 7. The zero-order valence-electron chi connectivity index (χ0n) is 13.0. The van der Waals surface area contributed by atoms with Crippen molar-refractivity contribution in [2.45, 2.75) is 25.7 Å². The number of amides is 1. The van der Waals surface area contributed by atoms with Crippen molar-refractivity contribution in [1.82, 2.24) is 15.3 Å². The second-order valence-corrected chi connectivity index (χ2v) is 7.27. The predicted molar refractivity (Wildman–Crippen MR) is 94.5 cm³/mol. The maximum absolute atomic E-state index is 12.0. The van der Waals surface area contributed by atoms with E-state index in [9.17, 15) is 4.79 Å². The van der Waals surface area contributed by atoms with Gasteiger partial charge in [0.15, 0.2) is 5.13 Å². The average molecular weight is 352 g/mol. The Morgan fingerprint density at radius 1 is 1.22 bits per heavy atom. The zero-order chi connectivity index (χ0) is 16.1. The Morgan fingerprint density at radius 2 is 2.04 bits per heavy atom. The van der Waals surface area contributed by atoms with Crippen LogP contribution >= 0.6 is 22.7 Å². The van der Waals surface area contributed by atoms with Crippen LogP contribution in [0.2, 0.25) is 0 Å². The van der Waals surface area contributed by atoms with E-state index in [2.05, 4.69) is 25.6 Å². The molecule has 124 valence electrons. The molecule has 3 rings (SSSR count). The van der Waals surface area contributed by atoms with Crippen molar-refractivity contribution in [2.75, 3.05) is 31.1 Å². The van der Waals surface area contributed by atoms with Crippen LogP contribution in [0.4, 0.5) is 5.13 Å². The first-order chi connectivity index (χ1) is 11.3. The summed E-state index contributed by atoms with van der Waals surface area (Å²) in [6.45, 7) is 3.35. The average Bonchev–Trinajstić information content (AvgIpc) is 3.28. The normalized spacial score (nSPS) is 14.4. The molecule has 0 spiro atoms. The summed E-state index contributed by atoms with van der Waals surface area (Å²) in [4.78, 5) is 23.3. The summed E-state index contributed by atoms with van der Waals surface area (Å²) in [5.74, 6) is -0.125. The molecule has 1 aliphatic rings. The summed E-state index contributed by atoms with van der Waals surface area (Å²) in [7, 11) is 0. The number of thiazole rings is 2. The van der Waals surface area contributed by atoms with Gasteiger partial charge in [0, 0.05) is 43.2 Å². The van der Waals surface area contributed by atoms with Crippen LogP contribution in [0.25, 0.3) is 0 Å². The van der Waals surface area contributed by atoms with Gasteiger partial charge in [-0.25, -0.2) is 9.97 Å². The van der Waals surface area contributed by atoms with Crippen LogP contribution in [0, 0.1) is 0 Å². The number of rotatable bonds is 7. The summed E-state index contributed by atoms with van der Waals surface area (Å²) >= 11 is 3.17. The number of nitrogens with one attached hydrogen (secondary N) is 1. The van der Waals surface area contributed by atoms with Gasteiger partial charge in [-0.05, 0) is 19.4 Å². The fourth-order valence-corrected chi connectivity index (χ4v) is 4.22. The molecule has 1 saturated heterocycles. The molecule has 6 nitrogen and oxygen atoms in total. The molecule has 8 heteroatoms. The molecule has 0 radical (unpaired) electrons. The monoisotopic (exact) mass is 351 g/mol. The van der Waals surface area contributed by atoms with Gasteiger partial charge < -0.3 is 16.0 Å². The summed E-state index contributed by atoms with van der Waals surface area (Å²) in [5.41, 5.74) is 7.02. The molecule has 23 heavy (non-hydrogen) atoms. The molecule has 1 fully saturated rings. The molecule has 0 aromatic carbocycles. The van der Waals surface area contributed by atoms with E-state index in [1.54, 1.807) is 16.7 Å². The van der Waals surface area contributed by atoms with E-state index in [1.165, 1.54) is 24.2 Å². The van der Waals surface area contributed by atoms with E-state index in [1.807, 2.05) is 0 Å². The molecular formula is C15H21N5OS2. The standard InChI is InChI=1S/C15H21N5OS2/c16-5-3-13-19-12(10-22-13)14(21)17-6-4-11-9-23-15(18-11)20-7-1-2-8-20/h9-10H,1-8,16H2,(H,17,21). The number of carbonyl (C=O) groups excluding carboxylic acids is 1. The first-order valence-electron chi connectivity index (χ1n) is 7.88. The van der Waals surface area contributed by atoms with Crippen molar-refractivity contribution in [3.63, 3.8) is 0 Å². The number of nitrogens with zero attached hydrogens (tertiary/aromatic N) is 3. The van der Waals surface area contributed by atoms with Crippen molar-refractivity contribution in [3.05, 3.63) is 27.2 Å². The van der Waals surface area contributed by atoms with Crippen LogP contribution in [-0.4, -0.2) is 42.1 Å². The van der Waals surface area contributed by atoms with Gasteiger partial charge in [0.25, 0.3) is 5.91 Å². The number of nitrogens with two attached hydrogens (primary N) is 1. The number of hydrogen-bond donors (Lipinski definition) is 2. The lowest BCUT2D eigenvalue weighted by molar-refractivity contribution is 0.0949. The number of carbonyl (C=O) groups is 1. The van der Waals surface area contributed by atoms with Gasteiger partial charge in [0.1, 0.15) is 5.69 Å². The zero-order valence-corrected chi connectivity index (χ0v) is 14.6. The molecule has 1 amide bonds. The quantitative estimate of drug-likeness (QED) is 0.793. The third-order valence-corrected chi connectivity index (χ3v) is 5.58. The van der Waals surface area contributed by atoms with Crippen molar-refractivity contribution in [1.29, 1.82) is 0 Å². The first kappa shape index (κ1) is 16.4. The van der Waals surface area contributed by atoms with E-state index in [4.69, 9.17) is 5.73 Å². The Labute approximate surface area is 143 Å². The molecule has 3 heterocycles. The molecule has 0 atom stereocenters. The molecule has 0 unspecified atom stereocenters. The lowest BCUT2D eigenvalue weighted by Crippen LogP contribution is -2.26. The minimum atomic E-state index is -0.125. The van der Waals surface area contributed by atoms with Crippen LogP contribution in [0.3, 0.4) is 0 Å². The fourth-order valence-electron chi connectivity index (χ4n) is 2.51. The maximum atomic E-state index is 12.0. The van der Waals surface area contributed by atoms with Gasteiger partial charge in [-0.2, -0.15) is 0 Å². The summed E-state index contributed by atoms with van der Waals surface area (Å²) in [6.07, 6.45) is 3.97. The van der Waals surface area contributed by atoms with E-state index < -0.39 is 0 Å². The third kappa shape index (κ3) is 4.27. The summed E-state index contributed by atoms with van der Waals surface area (Å²) < 4.78 is 0. The second kappa shape index (κ2) is 7.85. The number of anilines is 1. The Balaban J connectivity index is 1.46. The van der Waals surface area contributed by atoms with Gasteiger partial charge >= 0.3 is 0 Å². The van der Waals surface area contributed by atoms with Gasteiger partial charge in [0.05, 0.1) is 10.7 Å². The van der Waals surface area contributed by atoms with Gasteiger partial charge in [-0.1, -0.05) is 0 Å². The van der Waals surface area contributed by atoms with Gasteiger partial charge in [-0.15, -0.1) is 22.7 Å². The minimum Gasteiger partial charge on any atom is -0.350 e. The highest BCUT2D eigenvalue weighted by Gasteiger charge is 2.16. The van der Waals surface area contributed by atoms with Crippen molar-refractivity contribution >= 4 is 33.7 Å². The molecule has 1 aliphatic heterocycles. The molecule has 0 aliphatic carbocycles. The molecule has 3 N–H and O–H groups in total. The summed E-state index contributed by atoms with van der Waals surface area (Å²) in [6, 6.07) is 0. The van der Waals surface area contributed by atoms with Crippen LogP contribution < -0.4 is 16.0 Å². The molecule has 0 bridgehead atoms.